The van der Waals surface area contributed by atoms with Crippen LogP contribution in [0.5, 0.6) is 11.5 Å². The lowest BCUT2D eigenvalue weighted by molar-refractivity contribution is 0.436. The van der Waals surface area contributed by atoms with Gasteiger partial charge in [-0.15, -0.1) is 0 Å². The van der Waals surface area contributed by atoms with Gasteiger partial charge in [-0.25, -0.2) is 19.9 Å². The van der Waals surface area contributed by atoms with E-state index >= 15 is 0 Å². The number of hydrogen-bond acceptors (Lipinski definition) is 7. The van der Waals surface area contributed by atoms with Crippen LogP contribution in [0.2, 0.25) is 0 Å². The number of rotatable bonds is 5. The molecule has 4 heterocycles. The van der Waals surface area contributed by atoms with Gasteiger partial charge in [0, 0.05) is 44.3 Å². The molecule has 2 aliphatic rings. The molecule has 7 nitrogen and oxygen atoms in total. The Morgan fingerprint density at radius 1 is 0.365 bits per heavy atom. The summed E-state index contributed by atoms with van der Waals surface area (Å²) in [6.07, 6.45) is 0. The number of aromatic nitrogens is 5. The molecule has 11 aromatic rings. The summed E-state index contributed by atoms with van der Waals surface area (Å²) in [7, 11) is 0. The summed E-state index contributed by atoms with van der Waals surface area (Å²) >= 11 is 0. The van der Waals surface area contributed by atoms with Crippen LogP contribution in [-0.4, -0.2) is 24.9 Å². The lowest BCUT2D eigenvalue weighted by Crippen LogP contribution is -2.32. The zero-order chi connectivity index (χ0) is 41.5. The maximum Gasteiger partial charge on any atom is 0.231 e. The van der Waals surface area contributed by atoms with Gasteiger partial charge in [0.25, 0.3) is 0 Å². The second-order valence-corrected chi connectivity index (χ2v) is 15.9. The molecule has 0 fully saturated rings. The quantitative estimate of drug-likeness (QED) is 0.171. The molecule has 0 bridgehead atoms. The maximum atomic E-state index is 6.75. The molecule has 7 heteroatoms. The molecule has 0 N–H and O–H groups in total. The molecular weight excluding hydrogens is 775 g/mol. The average molecular weight is 808 g/mol. The van der Waals surface area contributed by atoms with Crippen LogP contribution in [0.25, 0.3) is 90.0 Å². The molecule has 0 atom stereocenters. The Bertz CT molecular complexity index is 3500. The van der Waals surface area contributed by atoms with Gasteiger partial charge in [0.15, 0.2) is 23.3 Å². The molecule has 294 valence electrons. The predicted octanol–water partition coefficient (Wildman–Crippen LogP) is 13.4. The summed E-state index contributed by atoms with van der Waals surface area (Å²) in [6.45, 7) is 0. The van der Waals surface area contributed by atoms with Crippen molar-refractivity contribution in [3.05, 3.63) is 222 Å². The van der Waals surface area contributed by atoms with Gasteiger partial charge in [-0.1, -0.05) is 176 Å². The second-order valence-electron chi connectivity index (χ2n) is 15.9. The first-order valence-electron chi connectivity index (χ1n) is 21.0. The molecule has 0 radical (unpaired) electrons. The molecule has 0 amide bonds. The van der Waals surface area contributed by atoms with Crippen LogP contribution in [0.1, 0.15) is 22.3 Å². The first-order valence-corrected chi connectivity index (χ1v) is 21.0. The van der Waals surface area contributed by atoms with Crippen molar-refractivity contribution >= 4 is 22.1 Å². The van der Waals surface area contributed by atoms with E-state index in [0.717, 1.165) is 94.7 Å². The summed E-state index contributed by atoms with van der Waals surface area (Å²) in [6, 6.07) is 68.5. The van der Waals surface area contributed by atoms with Crippen LogP contribution in [0, 0.1) is 0 Å². The Morgan fingerprint density at radius 2 is 0.905 bits per heavy atom. The minimum Gasteiger partial charge on any atom is -0.457 e. The van der Waals surface area contributed by atoms with Crippen molar-refractivity contribution < 1.29 is 9.15 Å². The van der Waals surface area contributed by atoms with E-state index in [9.17, 15) is 0 Å². The van der Waals surface area contributed by atoms with Crippen molar-refractivity contribution in [2.45, 2.75) is 5.41 Å². The maximum absolute atomic E-state index is 6.75. The summed E-state index contributed by atoms with van der Waals surface area (Å²) in [5, 5.41) is 1.84. The topological polar surface area (TPSA) is 86.8 Å². The van der Waals surface area contributed by atoms with Crippen LogP contribution < -0.4 is 4.74 Å². The summed E-state index contributed by atoms with van der Waals surface area (Å²) in [5.74, 6) is 3.99. The van der Waals surface area contributed by atoms with E-state index in [4.69, 9.17) is 34.1 Å². The lowest BCUT2D eigenvalue weighted by atomic mass is 9.65. The van der Waals surface area contributed by atoms with Crippen molar-refractivity contribution in [3.63, 3.8) is 0 Å². The number of ether oxygens (including phenoxy) is 1. The number of nitrogens with zero attached hydrogens (tertiary/aromatic N) is 5. The van der Waals surface area contributed by atoms with E-state index < -0.39 is 5.41 Å². The van der Waals surface area contributed by atoms with Gasteiger partial charge in [-0.05, 0) is 46.5 Å². The Hall–Kier alpha value is -8.55. The highest BCUT2D eigenvalue weighted by atomic mass is 16.5. The van der Waals surface area contributed by atoms with Crippen LogP contribution in [0.3, 0.4) is 0 Å². The van der Waals surface area contributed by atoms with Gasteiger partial charge in [0.2, 0.25) is 5.71 Å². The standard InChI is InChI=1S/C56H33N5O2/c1-4-17-34(18-5-1)51-57-50(48-39-23-10-13-28-45(39)63-55(48)61-51)37-31-32-42-41(33-37)38-24-16-25-40(49(38)56(42)43-26-11-14-29-46(43)62-47-30-15-12-27-44(47)56)54-59-52(35-19-6-2-7-20-35)58-53(60-54)36-21-8-3-9-22-36/h1-33H. The first kappa shape index (κ1) is 35.2. The Kier molecular flexibility index (Phi) is 7.68. The molecule has 0 saturated carbocycles. The van der Waals surface area contributed by atoms with E-state index in [-0.39, 0.29) is 0 Å². The van der Waals surface area contributed by atoms with Crippen molar-refractivity contribution in [3.8, 4) is 79.4 Å². The minimum atomic E-state index is -0.809. The lowest BCUT2D eigenvalue weighted by Gasteiger charge is -2.40. The van der Waals surface area contributed by atoms with E-state index in [1.54, 1.807) is 0 Å². The van der Waals surface area contributed by atoms with E-state index in [0.29, 0.717) is 29.0 Å². The van der Waals surface area contributed by atoms with Gasteiger partial charge >= 0.3 is 0 Å². The fourth-order valence-electron chi connectivity index (χ4n) is 9.77. The third kappa shape index (κ3) is 5.30. The van der Waals surface area contributed by atoms with E-state index in [2.05, 4.69) is 78.9 Å². The predicted molar refractivity (Wildman–Crippen MR) is 247 cm³/mol. The molecule has 8 aromatic carbocycles. The van der Waals surface area contributed by atoms with Gasteiger partial charge in [-0.3, -0.25) is 0 Å². The molecule has 1 spiro atoms. The van der Waals surface area contributed by atoms with Gasteiger partial charge in [-0.2, -0.15) is 4.98 Å². The van der Waals surface area contributed by atoms with Crippen molar-refractivity contribution in [2.24, 2.45) is 0 Å². The Balaban J connectivity index is 1.13. The summed E-state index contributed by atoms with van der Waals surface area (Å²) in [5.41, 5.74) is 12.3. The number of hydrogen-bond donors (Lipinski definition) is 0. The van der Waals surface area contributed by atoms with Gasteiger partial charge in [0.05, 0.1) is 16.5 Å². The summed E-state index contributed by atoms with van der Waals surface area (Å²) in [4.78, 5) is 26.0. The van der Waals surface area contributed by atoms with Crippen LogP contribution in [0.15, 0.2) is 205 Å². The highest BCUT2D eigenvalue weighted by Crippen LogP contribution is 2.64. The summed E-state index contributed by atoms with van der Waals surface area (Å²) < 4.78 is 13.2. The average Bonchev–Trinajstić information content (AvgIpc) is 3.88. The highest BCUT2D eigenvalue weighted by molar-refractivity contribution is 6.11. The number of fused-ring (bicyclic) bond motifs is 12. The van der Waals surface area contributed by atoms with Crippen LogP contribution in [0.4, 0.5) is 0 Å². The molecule has 0 unspecified atom stereocenters. The highest BCUT2D eigenvalue weighted by Gasteiger charge is 2.52. The molecule has 1 aliphatic carbocycles. The molecule has 13 rings (SSSR count). The molecule has 63 heavy (non-hydrogen) atoms. The molecule has 3 aromatic heterocycles. The fourth-order valence-corrected chi connectivity index (χ4v) is 9.77. The second kappa shape index (κ2) is 13.7. The van der Waals surface area contributed by atoms with Crippen molar-refractivity contribution in [1.82, 2.24) is 24.9 Å². The zero-order valence-electron chi connectivity index (χ0n) is 33.6. The third-order valence-corrected chi connectivity index (χ3v) is 12.4. The Morgan fingerprint density at radius 3 is 1.56 bits per heavy atom. The minimum absolute atomic E-state index is 0.547. The first-order chi connectivity index (χ1) is 31.2. The monoisotopic (exact) mass is 807 g/mol. The number of benzene rings is 8. The zero-order valence-corrected chi connectivity index (χ0v) is 33.6. The molecule has 1 aliphatic heterocycles. The largest absolute Gasteiger partial charge is 0.457 e. The Labute approximate surface area is 362 Å². The molecular formula is C56H33N5O2. The third-order valence-electron chi connectivity index (χ3n) is 12.4. The molecule has 0 saturated heterocycles. The number of furan rings is 1. The SMILES string of the molecule is c1ccc(-c2nc(-c3ccccc3)nc(-c3cccc4c3C3(c5ccccc5Oc5ccccc53)c3ccc(-c5nc(-c6ccccc6)nc6oc7ccccc7c56)cc3-4)n2)cc1. The van der Waals surface area contributed by atoms with Crippen LogP contribution in [-0.2, 0) is 5.41 Å². The van der Waals surface area contributed by atoms with Crippen molar-refractivity contribution in [2.75, 3.05) is 0 Å². The van der Waals surface area contributed by atoms with Gasteiger partial charge < -0.3 is 9.15 Å². The van der Waals surface area contributed by atoms with Crippen molar-refractivity contribution in [1.29, 1.82) is 0 Å². The number of para-hydroxylation sites is 3. The van der Waals surface area contributed by atoms with E-state index in [1.807, 2.05) is 121 Å². The fraction of sp³-hybridized carbons (Fsp3) is 0.0179. The van der Waals surface area contributed by atoms with Crippen LogP contribution >= 0.6 is 0 Å². The normalized spacial score (nSPS) is 13.0. The van der Waals surface area contributed by atoms with Gasteiger partial charge in [0.1, 0.15) is 17.1 Å². The smallest absolute Gasteiger partial charge is 0.231 e. The van der Waals surface area contributed by atoms with E-state index in [1.165, 1.54) is 0 Å².